The Labute approximate surface area is 222 Å². The minimum atomic E-state index is -1.34. The number of rotatable bonds is 5. The molecule has 0 N–H and O–H groups in total. The van der Waals surface area contributed by atoms with Gasteiger partial charge >= 0.3 is 23.9 Å². The maximum atomic E-state index is 13.0. The van der Waals surface area contributed by atoms with Gasteiger partial charge in [-0.1, -0.05) is 19.4 Å². The van der Waals surface area contributed by atoms with E-state index in [0.717, 1.165) is 5.57 Å². The molecule has 0 bridgehead atoms. The number of fused-ring (bicyclic) bond motifs is 3. The molecular weight excluding hydrogens is 496 g/mol. The first kappa shape index (κ1) is 27.1. The summed E-state index contributed by atoms with van der Waals surface area (Å²) < 4.78 is 36.5. The average molecular weight is 535 g/mol. The Morgan fingerprint density at radius 3 is 2.34 bits per heavy atom. The molecule has 1 saturated carbocycles. The van der Waals surface area contributed by atoms with Gasteiger partial charge in [0.1, 0.15) is 18.3 Å². The Bertz CT molecular complexity index is 1100. The van der Waals surface area contributed by atoms with Crippen LogP contribution in [0.1, 0.15) is 80.6 Å². The highest BCUT2D eigenvalue weighted by Gasteiger charge is 2.89. The second kappa shape index (κ2) is 8.78. The molecule has 0 amide bonds. The van der Waals surface area contributed by atoms with Crippen LogP contribution >= 0.6 is 0 Å². The van der Waals surface area contributed by atoms with Gasteiger partial charge in [-0.05, 0) is 46.1 Å². The molecule has 10 heteroatoms. The molecule has 10 nitrogen and oxygen atoms in total. The van der Waals surface area contributed by atoms with Crippen molar-refractivity contribution < 1.29 is 47.6 Å². The average Bonchev–Trinajstić information content (AvgIpc) is 3.64. The molecule has 10 atom stereocenters. The van der Waals surface area contributed by atoms with Crippen LogP contribution in [-0.4, -0.2) is 71.2 Å². The highest BCUT2D eigenvalue weighted by Crippen LogP contribution is 2.69. The fourth-order valence-electron chi connectivity index (χ4n) is 7.51. The van der Waals surface area contributed by atoms with Gasteiger partial charge in [-0.3, -0.25) is 14.4 Å². The standard InChI is InChI=1S/C28H38O10/c1-8-9-21(31)35-17-11-10-14(2)12-20-28(27(7,38-28)24(32)36-20)23(34-16(4)30)22-25(17,5)18(33-15(3)29)13-19-26(22,6)37-19/h12,17-20,22-23H,8-11,13H2,1-7H3/b14-12-/t17-,18+,19-,20+,22-,23-,25+,26-,27?,28+/m1/s1. The Morgan fingerprint density at radius 2 is 1.74 bits per heavy atom. The maximum Gasteiger partial charge on any atom is 0.342 e. The van der Waals surface area contributed by atoms with Gasteiger partial charge in [0.25, 0.3) is 0 Å². The van der Waals surface area contributed by atoms with Gasteiger partial charge in [-0.2, -0.15) is 0 Å². The van der Waals surface area contributed by atoms with Crippen molar-refractivity contribution in [1.82, 2.24) is 0 Å². The zero-order valence-corrected chi connectivity index (χ0v) is 23.2. The molecule has 3 aliphatic heterocycles. The van der Waals surface area contributed by atoms with E-state index in [4.69, 9.17) is 28.4 Å². The largest absolute Gasteiger partial charge is 0.462 e. The van der Waals surface area contributed by atoms with Crippen LogP contribution in [-0.2, 0) is 47.6 Å². The van der Waals surface area contributed by atoms with Gasteiger partial charge in [0.15, 0.2) is 17.3 Å². The van der Waals surface area contributed by atoms with Crippen LogP contribution in [0, 0.1) is 11.3 Å². The lowest BCUT2D eigenvalue weighted by Crippen LogP contribution is -2.66. The molecule has 1 spiro atoms. The number of esters is 4. The van der Waals surface area contributed by atoms with E-state index < -0.39 is 70.5 Å². The maximum absolute atomic E-state index is 13.0. The number of epoxide rings is 2. The zero-order valence-electron chi connectivity index (χ0n) is 23.2. The molecule has 0 aromatic carbocycles. The van der Waals surface area contributed by atoms with E-state index in [2.05, 4.69) is 0 Å². The summed E-state index contributed by atoms with van der Waals surface area (Å²) in [6.45, 7) is 12.0. The van der Waals surface area contributed by atoms with Crippen molar-refractivity contribution in [2.24, 2.45) is 11.3 Å². The summed E-state index contributed by atoms with van der Waals surface area (Å²) in [6.07, 6.45) is 0.583. The van der Waals surface area contributed by atoms with Crippen molar-refractivity contribution in [2.75, 3.05) is 0 Å². The highest BCUT2D eigenvalue weighted by molar-refractivity contribution is 5.89. The fraction of sp³-hybridized carbons (Fsp3) is 0.786. The summed E-state index contributed by atoms with van der Waals surface area (Å²) >= 11 is 0. The smallest absolute Gasteiger partial charge is 0.342 e. The zero-order chi connectivity index (χ0) is 27.8. The number of allylic oxidation sites excluding steroid dienone is 1. The van der Waals surface area contributed by atoms with Crippen LogP contribution in [0.4, 0.5) is 0 Å². The third-order valence-corrected chi connectivity index (χ3v) is 9.50. The minimum absolute atomic E-state index is 0.240. The minimum Gasteiger partial charge on any atom is -0.462 e. The summed E-state index contributed by atoms with van der Waals surface area (Å²) in [7, 11) is 0. The molecule has 0 aromatic heterocycles. The van der Waals surface area contributed by atoms with Crippen LogP contribution in [0.15, 0.2) is 11.6 Å². The lowest BCUT2D eigenvalue weighted by Gasteiger charge is -2.54. The molecule has 210 valence electrons. The van der Waals surface area contributed by atoms with E-state index in [-0.39, 0.29) is 18.5 Å². The normalized spacial score (nSPS) is 48.0. The second-order valence-corrected chi connectivity index (χ2v) is 12.0. The van der Waals surface area contributed by atoms with Gasteiger partial charge in [0.05, 0.1) is 17.1 Å². The van der Waals surface area contributed by atoms with E-state index in [0.29, 0.717) is 25.7 Å². The molecule has 0 aromatic rings. The second-order valence-electron chi connectivity index (χ2n) is 12.0. The molecule has 5 aliphatic rings. The predicted molar refractivity (Wildman–Crippen MR) is 130 cm³/mol. The summed E-state index contributed by atoms with van der Waals surface area (Å²) in [4.78, 5) is 50.9. The van der Waals surface area contributed by atoms with E-state index in [1.807, 2.05) is 33.8 Å². The predicted octanol–water partition coefficient (Wildman–Crippen LogP) is 2.94. The van der Waals surface area contributed by atoms with Crippen molar-refractivity contribution in [3.63, 3.8) is 0 Å². The molecule has 2 aliphatic carbocycles. The topological polar surface area (TPSA) is 130 Å². The Hall–Kier alpha value is -2.46. The molecule has 5 rings (SSSR count). The molecule has 4 fully saturated rings. The van der Waals surface area contributed by atoms with Crippen LogP contribution in [0.3, 0.4) is 0 Å². The van der Waals surface area contributed by atoms with Crippen molar-refractivity contribution in [1.29, 1.82) is 0 Å². The van der Waals surface area contributed by atoms with E-state index in [9.17, 15) is 19.2 Å². The lowest BCUT2D eigenvalue weighted by atomic mass is 9.53. The van der Waals surface area contributed by atoms with Gasteiger partial charge in [-0.15, -0.1) is 0 Å². The third-order valence-electron chi connectivity index (χ3n) is 9.50. The van der Waals surface area contributed by atoms with Crippen LogP contribution < -0.4 is 0 Å². The van der Waals surface area contributed by atoms with Crippen LogP contribution in [0.25, 0.3) is 0 Å². The molecule has 1 unspecified atom stereocenters. The Morgan fingerprint density at radius 1 is 1.05 bits per heavy atom. The number of hydrogen-bond donors (Lipinski definition) is 0. The van der Waals surface area contributed by atoms with E-state index in [1.54, 1.807) is 6.92 Å². The first-order valence-electron chi connectivity index (χ1n) is 13.5. The third kappa shape index (κ3) is 3.73. The molecule has 38 heavy (non-hydrogen) atoms. The lowest BCUT2D eigenvalue weighted by molar-refractivity contribution is -0.213. The van der Waals surface area contributed by atoms with Crippen molar-refractivity contribution in [2.45, 2.75) is 128 Å². The fourth-order valence-corrected chi connectivity index (χ4v) is 7.51. The number of carbonyl (C=O) groups is 4. The van der Waals surface area contributed by atoms with Crippen molar-refractivity contribution in [3.05, 3.63) is 11.6 Å². The molecule has 3 heterocycles. The monoisotopic (exact) mass is 534 g/mol. The van der Waals surface area contributed by atoms with Gasteiger partial charge in [0, 0.05) is 32.6 Å². The number of hydrogen-bond acceptors (Lipinski definition) is 10. The van der Waals surface area contributed by atoms with Crippen molar-refractivity contribution >= 4 is 23.9 Å². The molecular formula is C28H38O10. The van der Waals surface area contributed by atoms with Crippen LogP contribution in [0.2, 0.25) is 0 Å². The summed E-state index contributed by atoms with van der Waals surface area (Å²) in [5.41, 5.74) is -3.59. The van der Waals surface area contributed by atoms with Crippen molar-refractivity contribution in [3.8, 4) is 0 Å². The highest BCUT2D eigenvalue weighted by atomic mass is 16.7. The van der Waals surface area contributed by atoms with Gasteiger partial charge < -0.3 is 28.4 Å². The summed E-state index contributed by atoms with van der Waals surface area (Å²) in [5, 5.41) is 0. The molecule has 3 saturated heterocycles. The Kier molecular flexibility index (Phi) is 6.26. The van der Waals surface area contributed by atoms with Crippen LogP contribution in [0.5, 0.6) is 0 Å². The SMILES string of the molecule is CCCC(=O)O[C@@H]1CC/C(C)=C\[C@@H]2OC(=O)C3(C)O[C@]23[C@H](OC(C)=O)[C@H]2[C@]3(C)O[C@@H]3C[C@H](OC(C)=O)[C@]12C. The van der Waals surface area contributed by atoms with Gasteiger partial charge in [0.2, 0.25) is 0 Å². The summed E-state index contributed by atoms with van der Waals surface area (Å²) in [5.74, 6) is -2.57. The first-order valence-corrected chi connectivity index (χ1v) is 13.5. The molecule has 0 radical (unpaired) electrons. The summed E-state index contributed by atoms with van der Waals surface area (Å²) in [6, 6.07) is 0. The van der Waals surface area contributed by atoms with E-state index in [1.165, 1.54) is 13.8 Å². The Balaban J connectivity index is 1.73. The first-order chi connectivity index (χ1) is 17.7. The van der Waals surface area contributed by atoms with E-state index >= 15 is 0 Å². The van der Waals surface area contributed by atoms with Gasteiger partial charge in [-0.25, -0.2) is 4.79 Å². The number of carbonyl (C=O) groups excluding carboxylic acids is 4. The quantitative estimate of drug-likeness (QED) is 0.225. The number of ether oxygens (including phenoxy) is 6.